The van der Waals surface area contributed by atoms with Gasteiger partial charge in [-0.3, -0.25) is 0 Å². The molecule has 0 aliphatic rings. The van der Waals surface area contributed by atoms with E-state index in [1.807, 2.05) is 44.2 Å². The van der Waals surface area contributed by atoms with E-state index in [1.54, 1.807) is 0 Å². The molecule has 0 saturated carbocycles. The van der Waals surface area contributed by atoms with Gasteiger partial charge in [-0.15, -0.1) is 0 Å². The van der Waals surface area contributed by atoms with Crippen molar-refractivity contribution in [1.82, 2.24) is 4.98 Å². The molecule has 5 heteroatoms. The second-order valence-corrected chi connectivity index (χ2v) is 6.85. The van der Waals surface area contributed by atoms with E-state index >= 15 is 0 Å². The van der Waals surface area contributed by atoms with Gasteiger partial charge in [-0.05, 0) is 49.6 Å². The fourth-order valence-corrected chi connectivity index (χ4v) is 3.20. The minimum absolute atomic E-state index is 0.248. The molecule has 3 aromatic rings. The van der Waals surface area contributed by atoms with Crippen LogP contribution in [0.4, 0.5) is 0 Å². The number of hydrogen-bond acceptors (Lipinski definition) is 5. The first-order chi connectivity index (χ1) is 11.5. The summed E-state index contributed by atoms with van der Waals surface area (Å²) in [5.74, 6) is 1.33. The number of para-hydroxylation sites is 2. The highest BCUT2D eigenvalue weighted by atomic mass is 32.2. The second kappa shape index (κ2) is 7.28. The van der Waals surface area contributed by atoms with Crippen molar-refractivity contribution >= 4 is 22.9 Å². The van der Waals surface area contributed by atoms with E-state index in [1.165, 1.54) is 17.3 Å². The molecule has 0 amide bonds. The van der Waals surface area contributed by atoms with Gasteiger partial charge < -0.3 is 14.3 Å². The van der Waals surface area contributed by atoms with Gasteiger partial charge in [0.15, 0.2) is 5.58 Å². The lowest BCUT2D eigenvalue weighted by Crippen LogP contribution is -2.20. The zero-order valence-electron chi connectivity index (χ0n) is 14.1. The number of nitrogens with zero attached hydrogens (tertiary/aromatic N) is 1. The van der Waals surface area contributed by atoms with E-state index in [0.29, 0.717) is 11.0 Å². The summed E-state index contributed by atoms with van der Waals surface area (Å²) in [5, 5.41) is 10.8. The molecule has 0 fully saturated rings. The third-order valence-corrected chi connectivity index (χ3v) is 4.94. The summed E-state index contributed by atoms with van der Waals surface area (Å²) in [5.41, 5.74) is 4.98. The van der Waals surface area contributed by atoms with E-state index < -0.39 is 6.10 Å². The molecule has 0 aliphatic carbocycles. The van der Waals surface area contributed by atoms with Gasteiger partial charge >= 0.3 is 0 Å². The van der Waals surface area contributed by atoms with Crippen molar-refractivity contribution in [1.29, 1.82) is 0 Å². The van der Waals surface area contributed by atoms with Crippen molar-refractivity contribution in [2.75, 3.05) is 12.4 Å². The Balaban J connectivity index is 1.56. The summed E-state index contributed by atoms with van der Waals surface area (Å²) in [6.07, 6.45) is -0.593. The lowest BCUT2D eigenvalue weighted by Gasteiger charge is -2.16. The number of aromatic nitrogens is 1. The number of oxazole rings is 1. The Morgan fingerprint density at radius 2 is 1.88 bits per heavy atom. The highest BCUT2D eigenvalue weighted by molar-refractivity contribution is 7.99. The van der Waals surface area contributed by atoms with Crippen LogP contribution in [0.5, 0.6) is 5.75 Å². The van der Waals surface area contributed by atoms with Crippen LogP contribution in [0.15, 0.2) is 46.0 Å². The van der Waals surface area contributed by atoms with Crippen LogP contribution >= 0.6 is 11.8 Å². The zero-order chi connectivity index (χ0) is 17.1. The molecule has 1 heterocycles. The molecule has 4 nitrogen and oxygen atoms in total. The van der Waals surface area contributed by atoms with Crippen LogP contribution in [0.3, 0.4) is 0 Å². The van der Waals surface area contributed by atoms with Crippen molar-refractivity contribution in [3.63, 3.8) is 0 Å². The molecule has 1 atom stereocenters. The molecule has 2 aromatic carbocycles. The van der Waals surface area contributed by atoms with Gasteiger partial charge in [0, 0.05) is 5.75 Å². The number of aliphatic hydroxyl groups is 1. The molecule has 3 rings (SSSR count). The molecule has 126 valence electrons. The Morgan fingerprint density at radius 3 is 2.67 bits per heavy atom. The SMILES string of the molecule is Cc1ccc(C)c(OC[C@H](O)CSc2nc3ccccc3o2)c1C. The van der Waals surface area contributed by atoms with Crippen molar-refractivity contribution in [3.05, 3.63) is 53.1 Å². The van der Waals surface area contributed by atoms with E-state index in [0.717, 1.165) is 28.0 Å². The van der Waals surface area contributed by atoms with Gasteiger partial charge in [-0.25, -0.2) is 4.98 Å². The van der Waals surface area contributed by atoms with Gasteiger partial charge in [0.1, 0.15) is 17.9 Å². The average Bonchev–Trinajstić information content (AvgIpc) is 2.99. The van der Waals surface area contributed by atoms with E-state index in [2.05, 4.69) is 18.0 Å². The van der Waals surface area contributed by atoms with Crippen LogP contribution in [-0.2, 0) is 0 Å². The molecule has 0 bridgehead atoms. The number of hydrogen-bond donors (Lipinski definition) is 1. The molecule has 1 aromatic heterocycles. The lowest BCUT2D eigenvalue weighted by atomic mass is 10.1. The summed E-state index contributed by atoms with van der Waals surface area (Å²) < 4.78 is 11.5. The van der Waals surface area contributed by atoms with Crippen molar-refractivity contribution in [2.24, 2.45) is 0 Å². The van der Waals surface area contributed by atoms with E-state index in [9.17, 15) is 5.11 Å². The number of fused-ring (bicyclic) bond motifs is 1. The molecule has 0 saturated heterocycles. The maximum atomic E-state index is 10.2. The largest absolute Gasteiger partial charge is 0.490 e. The van der Waals surface area contributed by atoms with Gasteiger partial charge in [-0.1, -0.05) is 36.0 Å². The number of aryl methyl sites for hydroxylation is 2. The van der Waals surface area contributed by atoms with Gasteiger partial charge in [0.2, 0.25) is 0 Å². The molecule has 0 radical (unpaired) electrons. The molecular weight excluding hydrogens is 322 g/mol. The Hall–Kier alpha value is -1.98. The zero-order valence-corrected chi connectivity index (χ0v) is 14.9. The number of rotatable bonds is 6. The average molecular weight is 343 g/mol. The highest BCUT2D eigenvalue weighted by Crippen LogP contribution is 2.27. The summed E-state index contributed by atoms with van der Waals surface area (Å²) in [6.45, 7) is 6.36. The quantitative estimate of drug-likeness (QED) is 0.677. The third kappa shape index (κ3) is 3.74. The van der Waals surface area contributed by atoms with Gasteiger partial charge in [-0.2, -0.15) is 0 Å². The van der Waals surface area contributed by atoms with E-state index in [-0.39, 0.29) is 6.61 Å². The van der Waals surface area contributed by atoms with Crippen molar-refractivity contribution in [3.8, 4) is 5.75 Å². The van der Waals surface area contributed by atoms with Crippen molar-refractivity contribution in [2.45, 2.75) is 32.1 Å². The van der Waals surface area contributed by atoms with Gasteiger partial charge in [0.05, 0.1) is 6.10 Å². The van der Waals surface area contributed by atoms with Crippen molar-refractivity contribution < 1.29 is 14.3 Å². The minimum atomic E-state index is -0.593. The predicted molar refractivity (Wildman–Crippen MR) is 96.9 cm³/mol. The summed E-state index contributed by atoms with van der Waals surface area (Å²) in [4.78, 5) is 4.39. The Labute approximate surface area is 145 Å². The second-order valence-electron chi connectivity index (χ2n) is 5.88. The monoisotopic (exact) mass is 343 g/mol. The number of thioether (sulfide) groups is 1. The molecular formula is C19H21NO3S. The molecule has 0 spiro atoms. The molecule has 1 N–H and O–H groups in total. The first-order valence-electron chi connectivity index (χ1n) is 7.90. The first kappa shape index (κ1) is 16.9. The maximum absolute atomic E-state index is 10.2. The maximum Gasteiger partial charge on any atom is 0.256 e. The molecule has 0 aliphatic heterocycles. The molecule has 0 unspecified atom stereocenters. The summed E-state index contributed by atoms with van der Waals surface area (Å²) >= 11 is 1.39. The van der Waals surface area contributed by atoms with Crippen LogP contribution in [-0.4, -0.2) is 28.6 Å². The number of ether oxygens (including phenoxy) is 1. The summed E-state index contributed by atoms with van der Waals surface area (Å²) in [6, 6.07) is 11.8. The fraction of sp³-hybridized carbons (Fsp3) is 0.316. The number of aliphatic hydroxyl groups excluding tert-OH is 1. The number of benzene rings is 2. The van der Waals surface area contributed by atoms with Crippen LogP contribution < -0.4 is 4.74 Å². The Bertz CT molecular complexity index is 811. The van der Waals surface area contributed by atoms with Crippen LogP contribution in [0.25, 0.3) is 11.1 Å². The standard InChI is InChI=1S/C19H21NO3S/c1-12-8-9-13(2)18(14(12)3)22-10-15(21)11-24-19-20-16-6-4-5-7-17(16)23-19/h4-9,15,21H,10-11H2,1-3H3/t15-/m0/s1. The smallest absolute Gasteiger partial charge is 0.256 e. The summed E-state index contributed by atoms with van der Waals surface area (Å²) in [7, 11) is 0. The van der Waals surface area contributed by atoms with Crippen LogP contribution in [0.2, 0.25) is 0 Å². The topological polar surface area (TPSA) is 55.5 Å². The lowest BCUT2D eigenvalue weighted by molar-refractivity contribution is 0.125. The predicted octanol–water partition coefficient (Wildman–Crippen LogP) is 4.29. The van der Waals surface area contributed by atoms with Gasteiger partial charge in [0.25, 0.3) is 5.22 Å². The van der Waals surface area contributed by atoms with E-state index in [4.69, 9.17) is 9.15 Å². The first-order valence-corrected chi connectivity index (χ1v) is 8.89. The minimum Gasteiger partial charge on any atom is -0.490 e. The van der Waals surface area contributed by atoms with Crippen LogP contribution in [0.1, 0.15) is 16.7 Å². The normalized spacial score (nSPS) is 12.5. The fourth-order valence-electron chi connectivity index (χ4n) is 2.46. The van der Waals surface area contributed by atoms with Crippen LogP contribution in [0, 0.1) is 20.8 Å². The Morgan fingerprint density at radius 1 is 1.12 bits per heavy atom. The molecule has 24 heavy (non-hydrogen) atoms. The highest BCUT2D eigenvalue weighted by Gasteiger charge is 2.13. The third-order valence-electron chi connectivity index (χ3n) is 3.97. The Kier molecular flexibility index (Phi) is 5.11.